The van der Waals surface area contributed by atoms with Crippen LogP contribution in [0.3, 0.4) is 0 Å². The van der Waals surface area contributed by atoms with Crippen molar-refractivity contribution in [3.8, 4) is 11.5 Å². The van der Waals surface area contributed by atoms with E-state index < -0.39 is 0 Å². The van der Waals surface area contributed by atoms with Crippen molar-refractivity contribution in [3.05, 3.63) is 22.7 Å². The van der Waals surface area contributed by atoms with Gasteiger partial charge >= 0.3 is 0 Å². The van der Waals surface area contributed by atoms with Gasteiger partial charge in [-0.1, -0.05) is 11.6 Å². The highest BCUT2D eigenvalue weighted by molar-refractivity contribution is 6.32. The van der Waals surface area contributed by atoms with Crippen LogP contribution >= 0.6 is 11.6 Å². The molecule has 0 aliphatic carbocycles. The number of amides is 1. The van der Waals surface area contributed by atoms with Crippen molar-refractivity contribution in [1.82, 2.24) is 4.90 Å². The smallest absolute Gasteiger partial charge is 0.260 e. The summed E-state index contributed by atoms with van der Waals surface area (Å²) >= 11 is 6.05. The van der Waals surface area contributed by atoms with Crippen LogP contribution in [0.15, 0.2) is 12.1 Å². The number of methoxy groups -OCH3 is 1. The van der Waals surface area contributed by atoms with Crippen molar-refractivity contribution in [2.75, 3.05) is 40.0 Å². The standard InChI is InChI=1S/C14H16ClNO5/c1-19-12-7-10(8-17)6-11(15)14(12)21-9-13(18)16-2-4-20-5-3-16/h6-8H,2-5,9H2,1H3. The number of nitrogens with zero attached hydrogens (tertiary/aromatic N) is 1. The highest BCUT2D eigenvalue weighted by Gasteiger charge is 2.19. The summed E-state index contributed by atoms with van der Waals surface area (Å²) in [6.45, 7) is 2.03. The fraction of sp³-hybridized carbons (Fsp3) is 0.429. The molecular weight excluding hydrogens is 298 g/mol. The van der Waals surface area contributed by atoms with E-state index in [1.807, 2.05) is 0 Å². The van der Waals surface area contributed by atoms with E-state index in [0.29, 0.717) is 43.9 Å². The Morgan fingerprint density at radius 3 is 2.76 bits per heavy atom. The molecule has 0 unspecified atom stereocenters. The van der Waals surface area contributed by atoms with E-state index >= 15 is 0 Å². The zero-order valence-electron chi connectivity index (χ0n) is 11.6. The number of halogens is 1. The van der Waals surface area contributed by atoms with Gasteiger partial charge in [-0.05, 0) is 12.1 Å². The van der Waals surface area contributed by atoms with Crippen molar-refractivity contribution < 1.29 is 23.8 Å². The molecule has 0 radical (unpaired) electrons. The highest BCUT2D eigenvalue weighted by atomic mass is 35.5. The Morgan fingerprint density at radius 2 is 2.14 bits per heavy atom. The molecule has 1 fully saturated rings. The van der Waals surface area contributed by atoms with Crippen LogP contribution in [0.4, 0.5) is 0 Å². The van der Waals surface area contributed by atoms with E-state index in [0.717, 1.165) is 0 Å². The van der Waals surface area contributed by atoms with Crippen LogP contribution in [-0.4, -0.2) is 57.1 Å². The largest absolute Gasteiger partial charge is 0.493 e. The first kappa shape index (κ1) is 15.6. The maximum absolute atomic E-state index is 12.0. The molecule has 21 heavy (non-hydrogen) atoms. The quantitative estimate of drug-likeness (QED) is 0.769. The van der Waals surface area contributed by atoms with Crippen LogP contribution in [0.25, 0.3) is 0 Å². The molecule has 0 atom stereocenters. The number of aldehydes is 1. The third-order valence-electron chi connectivity index (χ3n) is 3.09. The van der Waals surface area contributed by atoms with Gasteiger partial charge in [0.05, 0.1) is 25.3 Å². The molecular formula is C14H16ClNO5. The lowest BCUT2D eigenvalue weighted by Gasteiger charge is -2.26. The van der Waals surface area contributed by atoms with Gasteiger partial charge in [-0.2, -0.15) is 0 Å². The Balaban J connectivity index is 2.05. The van der Waals surface area contributed by atoms with Crippen molar-refractivity contribution in [3.63, 3.8) is 0 Å². The molecule has 0 aromatic heterocycles. The van der Waals surface area contributed by atoms with E-state index in [1.165, 1.54) is 19.2 Å². The predicted octanol–water partition coefficient (Wildman–Crippen LogP) is 1.40. The number of hydrogen-bond donors (Lipinski definition) is 0. The number of benzene rings is 1. The fourth-order valence-corrected chi connectivity index (χ4v) is 2.26. The summed E-state index contributed by atoms with van der Waals surface area (Å²) in [5.74, 6) is 0.432. The van der Waals surface area contributed by atoms with E-state index in [2.05, 4.69) is 0 Å². The average molecular weight is 314 g/mol. The van der Waals surface area contributed by atoms with Gasteiger partial charge in [-0.3, -0.25) is 9.59 Å². The van der Waals surface area contributed by atoms with Crippen LogP contribution in [0.2, 0.25) is 5.02 Å². The Hall–Kier alpha value is -1.79. The molecule has 114 valence electrons. The zero-order valence-corrected chi connectivity index (χ0v) is 12.4. The summed E-state index contributed by atoms with van der Waals surface area (Å²) in [5, 5.41) is 0.228. The third kappa shape index (κ3) is 3.86. The monoisotopic (exact) mass is 313 g/mol. The van der Waals surface area contributed by atoms with Gasteiger partial charge in [-0.25, -0.2) is 0 Å². The summed E-state index contributed by atoms with van der Waals surface area (Å²) < 4.78 is 15.8. The lowest BCUT2D eigenvalue weighted by atomic mass is 10.2. The second-order valence-electron chi connectivity index (χ2n) is 4.43. The van der Waals surface area contributed by atoms with E-state index in [-0.39, 0.29) is 23.3 Å². The second-order valence-corrected chi connectivity index (χ2v) is 4.84. The first-order chi connectivity index (χ1) is 10.2. The lowest BCUT2D eigenvalue weighted by molar-refractivity contribution is -0.137. The molecule has 7 heteroatoms. The van der Waals surface area contributed by atoms with Gasteiger partial charge in [0.25, 0.3) is 5.91 Å². The first-order valence-electron chi connectivity index (χ1n) is 6.46. The van der Waals surface area contributed by atoms with Gasteiger partial charge in [0.15, 0.2) is 18.1 Å². The van der Waals surface area contributed by atoms with Gasteiger partial charge in [0.2, 0.25) is 0 Å². The van der Waals surface area contributed by atoms with Crippen LogP contribution in [-0.2, 0) is 9.53 Å². The molecule has 0 bridgehead atoms. The number of ether oxygens (including phenoxy) is 3. The predicted molar refractivity (Wildman–Crippen MR) is 76.3 cm³/mol. The maximum atomic E-state index is 12.0. The molecule has 0 spiro atoms. The van der Waals surface area contributed by atoms with Gasteiger partial charge in [0, 0.05) is 18.7 Å². The van der Waals surface area contributed by atoms with Crippen molar-refractivity contribution in [1.29, 1.82) is 0 Å². The van der Waals surface area contributed by atoms with E-state index in [4.69, 9.17) is 25.8 Å². The molecule has 1 aliphatic rings. The van der Waals surface area contributed by atoms with Crippen molar-refractivity contribution >= 4 is 23.8 Å². The van der Waals surface area contributed by atoms with E-state index in [1.54, 1.807) is 4.90 Å². The van der Waals surface area contributed by atoms with Crippen molar-refractivity contribution in [2.24, 2.45) is 0 Å². The SMILES string of the molecule is COc1cc(C=O)cc(Cl)c1OCC(=O)N1CCOCC1. The molecule has 1 aromatic rings. The Labute approximate surface area is 127 Å². The van der Waals surface area contributed by atoms with Crippen molar-refractivity contribution in [2.45, 2.75) is 0 Å². The maximum Gasteiger partial charge on any atom is 0.260 e. The second kappa shape index (κ2) is 7.28. The topological polar surface area (TPSA) is 65.1 Å². The highest BCUT2D eigenvalue weighted by Crippen LogP contribution is 2.36. The summed E-state index contributed by atoms with van der Waals surface area (Å²) in [4.78, 5) is 24.5. The Bertz CT molecular complexity index is 528. The molecule has 1 aliphatic heterocycles. The summed E-state index contributed by atoms with van der Waals surface area (Å²) in [7, 11) is 1.44. The number of rotatable bonds is 5. The summed E-state index contributed by atoms with van der Waals surface area (Å²) in [5.41, 5.74) is 0.378. The first-order valence-corrected chi connectivity index (χ1v) is 6.84. The van der Waals surface area contributed by atoms with Crippen LogP contribution in [0.1, 0.15) is 10.4 Å². The Kier molecular flexibility index (Phi) is 5.41. The van der Waals surface area contributed by atoms with Gasteiger partial charge < -0.3 is 19.1 Å². The van der Waals surface area contributed by atoms with Gasteiger partial charge in [0.1, 0.15) is 6.29 Å². The number of carbonyl (C=O) groups excluding carboxylic acids is 2. The number of hydrogen-bond acceptors (Lipinski definition) is 5. The minimum Gasteiger partial charge on any atom is -0.493 e. The number of carbonyl (C=O) groups is 2. The average Bonchev–Trinajstić information content (AvgIpc) is 2.53. The Morgan fingerprint density at radius 1 is 1.43 bits per heavy atom. The van der Waals surface area contributed by atoms with Crippen LogP contribution in [0, 0.1) is 0 Å². The molecule has 0 N–H and O–H groups in total. The minimum absolute atomic E-state index is 0.142. The van der Waals surface area contributed by atoms with Gasteiger partial charge in [-0.15, -0.1) is 0 Å². The molecule has 6 nitrogen and oxygen atoms in total. The summed E-state index contributed by atoms with van der Waals surface area (Å²) in [6.07, 6.45) is 0.664. The number of morpholine rings is 1. The zero-order chi connectivity index (χ0) is 15.2. The van der Waals surface area contributed by atoms with Crippen LogP contribution < -0.4 is 9.47 Å². The molecule has 1 heterocycles. The molecule has 2 rings (SSSR count). The molecule has 1 aromatic carbocycles. The minimum atomic E-state index is -0.143. The van der Waals surface area contributed by atoms with E-state index in [9.17, 15) is 9.59 Å². The molecule has 0 saturated carbocycles. The molecule has 1 saturated heterocycles. The normalized spacial score (nSPS) is 14.7. The third-order valence-corrected chi connectivity index (χ3v) is 3.37. The lowest BCUT2D eigenvalue weighted by Crippen LogP contribution is -2.43. The molecule has 1 amide bonds. The fourth-order valence-electron chi connectivity index (χ4n) is 1.99. The van der Waals surface area contributed by atoms with Crippen LogP contribution in [0.5, 0.6) is 11.5 Å². The summed E-state index contributed by atoms with van der Waals surface area (Å²) in [6, 6.07) is 2.97.